The van der Waals surface area contributed by atoms with Crippen molar-refractivity contribution in [3.8, 4) is 0 Å². The number of nitrogens with zero attached hydrogens (tertiary/aromatic N) is 1. The van der Waals surface area contributed by atoms with Crippen molar-refractivity contribution in [1.29, 1.82) is 0 Å². The van der Waals surface area contributed by atoms with Crippen LogP contribution in [0.15, 0.2) is 59.5 Å². The summed E-state index contributed by atoms with van der Waals surface area (Å²) in [6, 6.07) is 16.1. The predicted octanol–water partition coefficient (Wildman–Crippen LogP) is 4.82. The highest BCUT2D eigenvalue weighted by atomic mass is 32.2. The molecule has 0 bridgehead atoms. The molecule has 1 saturated heterocycles. The van der Waals surface area contributed by atoms with Crippen LogP contribution in [0.4, 0.5) is 4.39 Å². The van der Waals surface area contributed by atoms with Crippen molar-refractivity contribution in [1.82, 2.24) is 4.31 Å². The SMILES string of the molecule is Cc1ccc(S(=O)N2CCC(c3cc(CC(=O)O)cc4ccc(F)cc34)CC2)cc1. The number of fused-ring (bicyclic) bond motifs is 1. The van der Waals surface area contributed by atoms with Crippen LogP contribution in [0.25, 0.3) is 10.8 Å². The molecule has 0 aromatic heterocycles. The molecule has 0 aliphatic carbocycles. The summed E-state index contributed by atoms with van der Waals surface area (Å²) in [4.78, 5) is 12.0. The van der Waals surface area contributed by atoms with Gasteiger partial charge >= 0.3 is 5.97 Å². The van der Waals surface area contributed by atoms with Gasteiger partial charge in [-0.2, -0.15) is 0 Å². The van der Waals surface area contributed by atoms with Crippen LogP contribution < -0.4 is 0 Å². The molecule has 1 fully saturated rings. The normalized spacial score (nSPS) is 16.6. The lowest BCUT2D eigenvalue weighted by Crippen LogP contribution is -2.34. The van der Waals surface area contributed by atoms with Crippen molar-refractivity contribution in [3.63, 3.8) is 0 Å². The van der Waals surface area contributed by atoms with Crippen LogP contribution >= 0.6 is 0 Å². The number of carboxylic acids is 1. The molecule has 1 heterocycles. The van der Waals surface area contributed by atoms with Gasteiger partial charge in [-0.25, -0.2) is 12.9 Å². The summed E-state index contributed by atoms with van der Waals surface area (Å²) in [5.74, 6) is -1.01. The molecule has 6 heteroatoms. The number of benzene rings is 3. The number of hydrogen-bond acceptors (Lipinski definition) is 2. The summed E-state index contributed by atoms with van der Waals surface area (Å²) >= 11 is 0. The molecule has 0 saturated carbocycles. The van der Waals surface area contributed by atoms with Crippen LogP contribution in [0.5, 0.6) is 0 Å². The number of aryl methyl sites for hydroxylation is 1. The third kappa shape index (κ3) is 4.45. The number of halogens is 1. The van der Waals surface area contributed by atoms with Gasteiger partial charge in [0.05, 0.1) is 11.3 Å². The Bertz CT molecular complexity index is 1110. The average molecular weight is 426 g/mol. The second-order valence-electron chi connectivity index (χ2n) is 7.89. The molecule has 1 aliphatic heterocycles. The minimum atomic E-state index is -1.20. The first kappa shape index (κ1) is 20.7. The minimum absolute atomic E-state index is 0.0589. The topological polar surface area (TPSA) is 57.6 Å². The Morgan fingerprint density at radius 2 is 1.80 bits per heavy atom. The zero-order valence-corrected chi connectivity index (χ0v) is 17.6. The van der Waals surface area contributed by atoms with E-state index in [1.807, 2.05) is 47.6 Å². The lowest BCUT2D eigenvalue weighted by molar-refractivity contribution is -0.136. The molecule has 3 aromatic rings. The Morgan fingerprint density at radius 1 is 1.10 bits per heavy atom. The molecule has 1 N–H and O–H groups in total. The van der Waals surface area contributed by atoms with Crippen molar-refractivity contribution in [2.24, 2.45) is 0 Å². The van der Waals surface area contributed by atoms with Gasteiger partial charge < -0.3 is 5.11 Å². The summed E-state index contributed by atoms with van der Waals surface area (Å²) in [5.41, 5.74) is 2.85. The Morgan fingerprint density at radius 3 is 2.47 bits per heavy atom. The highest BCUT2D eigenvalue weighted by molar-refractivity contribution is 7.82. The van der Waals surface area contributed by atoms with Crippen LogP contribution in [-0.4, -0.2) is 32.7 Å². The van der Waals surface area contributed by atoms with E-state index in [1.165, 1.54) is 12.1 Å². The maximum atomic E-state index is 13.9. The predicted molar refractivity (Wildman–Crippen MR) is 116 cm³/mol. The third-order valence-corrected chi connectivity index (χ3v) is 7.22. The Hall–Kier alpha value is -2.57. The summed E-state index contributed by atoms with van der Waals surface area (Å²) in [7, 11) is -1.20. The van der Waals surface area contributed by atoms with Crippen molar-refractivity contribution in [2.45, 2.75) is 37.0 Å². The zero-order valence-electron chi connectivity index (χ0n) is 16.8. The van der Waals surface area contributed by atoms with E-state index >= 15 is 0 Å². The van der Waals surface area contributed by atoms with Gasteiger partial charge in [-0.1, -0.05) is 35.9 Å². The first-order valence-electron chi connectivity index (χ1n) is 10.1. The van der Waals surface area contributed by atoms with Gasteiger partial charge in [0, 0.05) is 13.1 Å². The van der Waals surface area contributed by atoms with Gasteiger partial charge in [-0.3, -0.25) is 4.79 Å². The Balaban J connectivity index is 1.57. The van der Waals surface area contributed by atoms with Gasteiger partial charge in [0.1, 0.15) is 16.8 Å². The highest BCUT2D eigenvalue weighted by Gasteiger charge is 2.26. The number of piperidine rings is 1. The van der Waals surface area contributed by atoms with Gasteiger partial charge in [-0.05, 0) is 71.8 Å². The van der Waals surface area contributed by atoms with Gasteiger partial charge in [0.25, 0.3) is 0 Å². The van der Waals surface area contributed by atoms with E-state index in [2.05, 4.69) is 0 Å². The molecule has 4 rings (SSSR count). The number of carbonyl (C=O) groups is 1. The number of carboxylic acid groups (broad SMARTS) is 1. The van der Waals surface area contributed by atoms with E-state index in [-0.39, 0.29) is 18.2 Å². The summed E-state index contributed by atoms with van der Waals surface area (Å²) in [6.45, 7) is 3.35. The molecule has 30 heavy (non-hydrogen) atoms. The monoisotopic (exact) mass is 425 g/mol. The second-order valence-corrected chi connectivity index (χ2v) is 9.37. The van der Waals surface area contributed by atoms with Crippen LogP contribution in [0.3, 0.4) is 0 Å². The van der Waals surface area contributed by atoms with E-state index in [4.69, 9.17) is 0 Å². The van der Waals surface area contributed by atoms with E-state index in [9.17, 15) is 18.5 Å². The Kier molecular flexibility index (Phi) is 5.97. The molecular weight excluding hydrogens is 401 g/mol. The van der Waals surface area contributed by atoms with Gasteiger partial charge in [0.15, 0.2) is 0 Å². The molecular formula is C24H24FNO3S. The maximum Gasteiger partial charge on any atom is 0.307 e. The van der Waals surface area contributed by atoms with Crippen molar-refractivity contribution < 1.29 is 18.5 Å². The molecule has 0 amide bonds. The maximum absolute atomic E-state index is 13.9. The first-order valence-corrected chi connectivity index (χ1v) is 11.2. The van der Waals surface area contributed by atoms with Crippen LogP contribution in [0.1, 0.15) is 35.4 Å². The van der Waals surface area contributed by atoms with Gasteiger partial charge in [0.2, 0.25) is 0 Å². The average Bonchev–Trinajstić information content (AvgIpc) is 2.73. The van der Waals surface area contributed by atoms with Crippen LogP contribution in [0.2, 0.25) is 0 Å². The molecule has 156 valence electrons. The minimum Gasteiger partial charge on any atom is -0.481 e. The van der Waals surface area contributed by atoms with Crippen molar-refractivity contribution in [3.05, 3.63) is 77.1 Å². The quantitative estimate of drug-likeness (QED) is 0.638. The fourth-order valence-corrected chi connectivity index (χ4v) is 5.38. The molecule has 4 nitrogen and oxygen atoms in total. The molecule has 1 aliphatic rings. The molecule has 0 radical (unpaired) electrons. The van der Waals surface area contributed by atoms with E-state index in [1.54, 1.807) is 6.07 Å². The van der Waals surface area contributed by atoms with E-state index < -0.39 is 17.0 Å². The summed E-state index contributed by atoms with van der Waals surface area (Å²) in [6.07, 6.45) is 1.52. The number of rotatable bonds is 5. The van der Waals surface area contributed by atoms with E-state index in [0.29, 0.717) is 13.1 Å². The fraction of sp³-hybridized carbons (Fsp3) is 0.292. The molecule has 1 atom stereocenters. The van der Waals surface area contributed by atoms with Crippen LogP contribution in [-0.2, 0) is 22.2 Å². The molecule has 0 spiro atoms. The van der Waals surface area contributed by atoms with Crippen LogP contribution in [0, 0.1) is 12.7 Å². The van der Waals surface area contributed by atoms with Gasteiger partial charge in [-0.15, -0.1) is 0 Å². The lowest BCUT2D eigenvalue weighted by atomic mass is 9.85. The van der Waals surface area contributed by atoms with Crippen molar-refractivity contribution in [2.75, 3.05) is 13.1 Å². The highest BCUT2D eigenvalue weighted by Crippen LogP contribution is 2.35. The lowest BCUT2D eigenvalue weighted by Gasteiger charge is -2.32. The standard InChI is InChI=1S/C24H24FNO3S/c1-16-2-6-21(7-3-16)30(29)26-10-8-18(9-11-26)22-13-17(14-24(27)28)12-19-4-5-20(25)15-23(19)22/h2-7,12-13,15,18H,8-11,14H2,1H3,(H,27,28). The zero-order chi connectivity index (χ0) is 21.3. The molecule has 3 aromatic carbocycles. The smallest absolute Gasteiger partial charge is 0.307 e. The summed E-state index contributed by atoms with van der Waals surface area (Å²) in [5, 5.41) is 10.9. The second kappa shape index (κ2) is 8.66. The fourth-order valence-electron chi connectivity index (χ4n) is 4.17. The number of aliphatic carboxylic acids is 1. The third-order valence-electron chi connectivity index (χ3n) is 5.71. The number of hydrogen-bond donors (Lipinski definition) is 1. The first-order chi connectivity index (χ1) is 14.4. The largest absolute Gasteiger partial charge is 0.481 e. The van der Waals surface area contributed by atoms with Crippen molar-refractivity contribution >= 4 is 27.7 Å². The molecule has 1 unspecified atom stereocenters. The summed E-state index contributed by atoms with van der Waals surface area (Å²) < 4.78 is 28.8. The Labute approximate surface area is 177 Å². The van der Waals surface area contributed by atoms with E-state index in [0.717, 1.165) is 45.2 Å².